The van der Waals surface area contributed by atoms with Crippen LogP contribution >= 0.6 is 0 Å². The average molecular weight is 319 g/mol. The quantitative estimate of drug-likeness (QED) is 0.429. The van der Waals surface area contributed by atoms with E-state index in [4.69, 9.17) is 0 Å². The van der Waals surface area contributed by atoms with Crippen LogP contribution < -0.4 is 5.32 Å². The SMILES string of the molecule is C=C/C(=C\c1[nH]c(C)cc1C)c1ccc(C=C)c(NC(C)=NC)c1. The molecule has 0 spiro atoms. The molecule has 0 aliphatic rings. The Morgan fingerprint density at radius 1 is 1.21 bits per heavy atom. The van der Waals surface area contributed by atoms with E-state index in [1.54, 1.807) is 7.05 Å². The maximum atomic E-state index is 4.17. The molecule has 0 bridgehead atoms. The summed E-state index contributed by atoms with van der Waals surface area (Å²) in [7, 11) is 1.77. The van der Waals surface area contributed by atoms with Crippen LogP contribution in [0.4, 0.5) is 5.69 Å². The van der Waals surface area contributed by atoms with Gasteiger partial charge in [0.05, 0.1) is 5.84 Å². The first-order valence-corrected chi connectivity index (χ1v) is 7.96. The van der Waals surface area contributed by atoms with Crippen molar-refractivity contribution >= 4 is 29.2 Å². The summed E-state index contributed by atoms with van der Waals surface area (Å²) in [6.45, 7) is 14.0. The van der Waals surface area contributed by atoms with Gasteiger partial charge in [-0.3, -0.25) is 4.99 Å². The fraction of sp³-hybridized carbons (Fsp3) is 0.190. The van der Waals surface area contributed by atoms with Crippen LogP contribution in [0.15, 0.2) is 48.5 Å². The maximum Gasteiger partial charge on any atom is 0.0972 e. The summed E-state index contributed by atoms with van der Waals surface area (Å²) >= 11 is 0. The van der Waals surface area contributed by atoms with E-state index in [0.717, 1.165) is 39.6 Å². The van der Waals surface area contributed by atoms with E-state index in [-0.39, 0.29) is 0 Å². The number of nitrogens with zero attached hydrogens (tertiary/aromatic N) is 1. The predicted molar refractivity (Wildman–Crippen MR) is 108 cm³/mol. The Morgan fingerprint density at radius 3 is 2.50 bits per heavy atom. The van der Waals surface area contributed by atoms with E-state index in [9.17, 15) is 0 Å². The van der Waals surface area contributed by atoms with Crippen LogP contribution in [-0.4, -0.2) is 17.9 Å². The van der Waals surface area contributed by atoms with E-state index in [0.29, 0.717) is 0 Å². The lowest BCUT2D eigenvalue weighted by molar-refractivity contribution is 1.24. The molecule has 1 heterocycles. The van der Waals surface area contributed by atoms with Crippen molar-refractivity contribution in [2.45, 2.75) is 20.8 Å². The molecule has 0 radical (unpaired) electrons. The summed E-state index contributed by atoms with van der Waals surface area (Å²) in [6.07, 6.45) is 5.84. The van der Waals surface area contributed by atoms with Crippen LogP contribution in [0.1, 0.15) is 35.0 Å². The second-order valence-corrected chi connectivity index (χ2v) is 5.79. The Morgan fingerprint density at radius 2 is 1.96 bits per heavy atom. The Kier molecular flexibility index (Phi) is 5.59. The van der Waals surface area contributed by atoms with Crippen LogP contribution in [0.3, 0.4) is 0 Å². The van der Waals surface area contributed by atoms with Crippen LogP contribution in [0.25, 0.3) is 17.7 Å². The highest BCUT2D eigenvalue weighted by Gasteiger charge is 2.06. The predicted octanol–water partition coefficient (Wildman–Crippen LogP) is 5.46. The molecular weight excluding hydrogens is 294 g/mol. The van der Waals surface area contributed by atoms with Gasteiger partial charge in [0.15, 0.2) is 0 Å². The molecule has 0 saturated heterocycles. The summed E-state index contributed by atoms with van der Waals surface area (Å²) in [6, 6.07) is 8.38. The van der Waals surface area contributed by atoms with Gasteiger partial charge in [-0.05, 0) is 61.2 Å². The molecule has 0 unspecified atom stereocenters. The molecule has 0 amide bonds. The number of hydrogen-bond acceptors (Lipinski definition) is 1. The third-order valence-electron chi connectivity index (χ3n) is 3.97. The number of amidine groups is 1. The highest BCUT2D eigenvalue weighted by molar-refractivity contribution is 5.97. The molecule has 1 aromatic carbocycles. The van der Waals surface area contributed by atoms with E-state index >= 15 is 0 Å². The Labute approximate surface area is 144 Å². The van der Waals surface area contributed by atoms with Gasteiger partial charge in [-0.25, -0.2) is 0 Å². The molecule has 24 heavy (non-hydrogen) atoms. The average Bonchev–Trinajstić information content (AvgIpc) is 2.89. The standard InChI is InChI=1S/C21H25N3/c1-7-17-9-10-19(13-21(17)24-16(5)22-6)18(8-2)12-20-14(3)11-15(4)23-20/h7-13,23H,1-2H2,3-6H3,(H,22,24)/b18-12+. The number of nitrogens with one attached hydrogen (secondary N) is 2. The number of benzene rings is 1. The van der Waals surface area contributed by atoms with Crippen molar-refractivity contribution < 1.29 is 0 Å². The highest BCUT2D eigenvalue weighted by atomic mass is 15.0. The van der Waals surface area contributed by atoms with Gasteiger partial charge in [0.2, 0.25) is 0 Å². The zero-order valence-corrected chi connectivity index (χ0v) is 14.9. The van der Waals surface area contributed by atoms with Crippen molar-refractivity contribution in [3.8, 4) is 0 Å². The smallest absolute Gasteiger partial charge is 0.0972 e. The van der Waals surface area contributed by atoms with E-state index in [2.05, 4.69) is 72.6 Å². The lowest BCUT2D eigenvalue weighted by Gasteiger charge is -2.12. The van der Waals surface area contributed by atoms with Gasteiger partial charge >= 0.3 is 0 Å². The number of hydrogen-bond donors (Lipinski definition) is 2. The number of aryl methyl sites for hydroxylation is 2. The van der Waals surface area contributed by atoms with Crippen molar-refractivity contribution in [2.75, 3.05) is 12.4 Å². The van der Waals surface area contributed by atoms with Crippen LogP contribution in [0, 0.1) is 13.8 Å². The van der Waals surface area contributed by atoms with Gasteiger partial charge in [-0.15, -0.1) is 0 Å². The second kappa shape index (κ2) is 7.64. The largest absolute Gasteiger partial charge is 0.359 e. The number of allylic oxidation sites excluding steroid dienone is 2. The highest BCUT2D eigenvalue weighted by Crippen LogP contribution is 2.26. The fourth-order valence-corrected chi connectivity index (χ4v) is 2.59. The number of anilines is 1. The first-order valence-electron chi connectivity index (χ1n) is 7.96. The first kappa shape index (κ1) is 17.5. The molecular formula is C21H25N3. The normalized spacial score (nSPS) is 12.2. The van der Waals surface area contributed by atoms with Crippen LogP contribution in [0.2, 0.25) is 0 Å². The molecule has 1 aromatic heterocycles. The number of aliphatic imine (C=N–C) groups is 1. The summed E-state index contributed by atoms with van der Waals surface area (Å²) in [4.78, 5) is 7.55. The molecule has 3 heteroatoms. The minimum atomic E-state index is 0.857. The molecule has 3 nitrogen and oxygen atoms in total. The minimum absolute atomic E-state index is 0.857. The number of H-pyrrole nitrogens is 1. The molecule has 0 aliphatic heterocycles. The van der Waals surface area contributed by atoms with Crippen molar-refractivity contribution in [1.29, 1.82) is 0 Å². The van der Waals surface area contributed by atoms with Gasteiger partial charge < -0.3 is 10.3 Å². The van der Waals surface area contributed by atoms with Gasteiger partial charge in [0.25, 0.3) is 0 Å². The number of aromatic nitrogens is 1. The van der Waals surface area contributed by atoms with E-state index in [1.807, 2.05) is 19.1 Å². The molecule has 0 aliphatic carbocycles. The van der Waals surface area contributed by atoms with Crippen molar-refractivity contribution in [1.82, 2.24) is 4.98 Å². The van der Waals surface area contributed by atoms with Crippen LogP contribution in [-0.2, 0) is 0 Å². The van der Waals surface area contributed by atoms with Crippen molar-refractivity contribution in [2.24, 2.45) is 4.99 Å². The molecule has 2 N–H and O–H groups in total. The van der Waals surface area contributed by atoms with Crippen molar-refractivity contribution in [3.05, 3.63) is 71.6 Å². The zero-order valence-electron chi connectivity index (χ0n) is 14.9. The third-order valence-corrected chi connectivity index (χ3v) is 3.97. The maximum absolute atomic E-state index is 4.17. The van der Waals surface area contributed by atoms with Crippen molar-refractivity contribution in [3.63, 3.8) is 0 Å². The second-order valence-electron chi connectivity index (χ2n) is 5.79. The van der Waals surface area contributed by atoms with E-state index in [1.165, 1.54) is 5.56 Å². The Hall–Kier alpha value is -2.81. The fourth-order valence-electron chi connectivity index (χ4n) is 2.59. The summed E-state index contributed by atoms with van der Waals surface area (Å²) < 4.78 is 0. The zero-order chi connectivity index (χ0) is 17.7. The first-order chi connectivity index (χ1) is 11.5. The van der Waals surface area contributed by atoms with E-state index < -0.39 is 0 Å². The molecule has 2 rings (SSSR count). The third kappa shape index (κ3) is 3.93. The summed E-state index contributed by atoms with van der Waals surface area (Å²) in [5.74, 6) is 0.857. The molecule has 124 valence electrons. The van der Waals surface area contributed by atoms with Crippen LogP contribution in [0.5, 0.6) is 0 Å². The molecule has 2 aromatic rings. The summed E-state index contributed by atoms with van der Waals surface area (Å²) in [5.41, 5.74) is 7.66. The molecule has 0 atom stereocenters. The molecule has 0 fully saturated rings. The molecule has 0 saturated carbocycles. The topological polar surface area (TPSA) is 40.2 Å². The van der Waals surface area contributed by atoms with Gasteiger partial charge in [0, 0.05) is 24.1 Å². The monoisotopic (exact) mass is 319 g/mol. The Bertz CT molecular complexity index is 820. The lowest BCUT2D eigenvalue weighted by atomic mass is 10.0. The number of aromatic amines is 1. The minimum Gasteiger partial charge on any atom is -0.359 e. The van der Waals surface area contributed by atoms with Gasteiger partial charge in [-0.1, -0.05) is 37.4 Å². The lowest BCUT2D eigenvalue weighted by Crippen LogP contribution is -2.08. The Balaban J connectivity index is 2.49. The van der Waals surface area contributed by atoms with Gasteiger partial charge in [0.1, 0.15) is 0 Å². The summed E-state index contributed by atoms with van der Waals surface area (Å²) in [5, 5.41) is 3.32. The van der Waals surface area contributed by atoms with Gasteiger partial charge in [-0.2, -0.15) is 0 Å². The number of rotatable bonds is 5.